The van der Waals surface area contributed by atoms with Crippen molar-refractivity contribution >= 4 is 38.9 Å². The number of para-hydroxylation sites is 2. The van der Waals surface area contributed by atoms with Gasteiger partial charge >= 0.3 is 0 Å². The van der Waals surface area contributed by atoms with E-state index in [4.69, 9.17) is 0 Å². The first-order valence-corrected chi connectivity index (χ1v) is 15.1. The van der Waals surface area contributed by atoms with Crippen LogP contribution in [0.5, 0.6) is 0 Å². The molecule has 2 heterocycles. The zero-order chi connectivity index (χ0) is 30.7. The monoisotopic (exact) mass is 576 g/mol. The van der Waals surface area contributed by atoms with Crippen LogP contribution in [0.3, 0.4) is 0 Å². The van der Waals surface area contributed by atoms with E-state index >= 15 is 0 Å². The highest BCUT2D eigenvalue weighted by atomic mass is 15.2. The van der Waals surface area contributed by atoms with Crippen molar-refractivity contribution in [1.82, 2.24) is 4.57 Å². The first-order valence-electron chi connectivity index (χ1n) is 15.1. The standard InChI is InChI=1S/C41H28N4/c1-41(2)35-21-27(25-42)17-19-39(35)45(40-20-18-28(26-43)22-36(40)41)32-12-8-10-30(24-32)29-9-7-11-31(23-29)44-37-15-5-3-13-33(37)34-14-4-6-16-38(34)44/h3-24H,1-2H3. The SMILES string of the molecule is CC1(C)c2cc(C#N)ccc2N(c2cccc(-c3cccc(-n4c5ccccc5c5ccccc54)c3)c2)c2ccc(C#N)cc21. The van der Waals surface area contributed by atoms with Crippen LogP contribution in [-0.2, 0) is 5.41 Å². The Kier molecular flexibility index (Phi) is 5.88. The molecule has 1 aliphatic heterocycles. The number of fused-ring (bicyclic) bond motifs is 5. The molecular formula is C41H28N4. The van der Waals surface area contributed by atoms with Gasteiger partial charge in [0.25, 0.3) is 0 Å². The average molecular weight is 577 g/mol. The van der Waals surface area contributed by atoms with Crippen LogP contribution < -0.4 is 4.90 Å². The number of anilines is 3. The van der Waals surface area contributed by atoms with E-state index in [-0.39, 0.29) is 0 Å². The molecule has 7 aromatic rings. The van der Waals surface area contributed by atoms with E-state index in [2.05, 4.69) is 133 Å². The molecular weight excluding hydrogens is 548 g/mol. The molecule has 1 aromatic heterocycles. The molecule has 0 amide bonds. The second-order valence-corrected chi connectivity index (χ2v) is 12.1. The molecule has 4 heteroatoms. The van der Waals surface area contributed by atoms with Crippen LogP contribution >= 0.6 is 0 Å². The molecule has 0 bridgehead atoms. The van der Waals surface area contributed by atoms with Crippen molar-refractivity contribution in [3.63, 3.8) is 0 Å². The predicted molar refractivity (Wildman–Crippen MR) is 182 cm³/mol. The molecule has 0 unspecified atom stereocenters. The van der Waals surface area contributed by atoms with Gasteiger partial charge in [0.1, 0.15) is 0 Å². The van der Waals surface area contributed by atoms with Gasteiger partial charge in [-0.15, -0.1) is 0 Å². The maximum Gasteiger partial charge on any atom is 0.0991 e. The molecule has 8 rings (SSSR count). The number of nitriles is 2. The van der Waals surface area contributed by atoms with Crippen molar-refractivity contribution in [2.45, 2.75) is 19.3 Å². The van der Waals surface area contributed by atoms with Gasteiger partial charge in [-0.2, -0.15) is 10.5 Å². The van der Waals surface area contributed by atoms with E-state index < -0.39 is 5.41 Å². The largest absolute Gasteiger partial charge is 0.310 e. The highest BCUT2D eigenvalue weighted by Crippen LogP contribution is 2.52. The first kappa shape index (κ1) is 26.5. The molecule has 45 heavy (non-hydrogen) atoms. The van der Waals surface area contributed by atoms with Crippen LogP contribution in [0.1, 0.15) is 36.1 Å². The molecule has 0 radical (unpaired) electrons. The molecule has 0 atom stereocenters. The normalized spacial score (nSPS) is 13.2. The smallest absolute Gasteiger partial charge is 0.0991 e. The van der Waals surface area contributed by atoms with E-state index in [1.165, 1.54) is 21.8 Å². The number of hydrogen-bond donors (Lipinski definition) is 0. The summed E-state index contributed by atoms with van der Waals surface area (Å²) in [6.07, 6.45) is 0. The van der Waals surface area contributed by atoms with Crippen LogP contribution in [-0.4, -0.2) is 4.57 Å². The number of aromatic nitrogens is 1. The summed E-state index contributed by atoms with van der Waals surface area (Å²) in [6, 6.07) is 50.9. The molecule has 0 N–H and O–H groups in total. The van der Waals surface area contributed by atoms with E-state index in [0.29, 0.717) is 11.1 Å². The lowest BCUT2D eigenvalue weighted by Crippen LogP contribution is -2.31. The molecule has 0 saturated heterocycles. The lowest BCUT2D eigenvalue weighted by atomic mass is 9.72. The van der Waals surface area contributed by atoms with Crippen LogP contribution in [0.4, 0.5) is 17.1 Å². The highest BCUT2D eigenvalue weighted by Gasteiger charge is 2.37. The molecule has 1 aliphatic rings. The first-order chi connectivity index (χ1) is 22.0. The second kappa shape index (κ2) is 9.98. The number of nitrogens with zero attached hydrogens (tertiary/aromatic N) is 4. The summed E-state index contributed by atoms with van der Waals surface area (Å²) >= 11 is 0. The quantitative estimate of drug-likeness (QED) is 0.210. The third-order valence-electron chi connectivity index (χ3n) is 9.20. The highest BCUT2D eigenvalue weighted by molar-refractivity contribution is 6.09. The van der Waals surface area contributed by atoms with Gasteiger partial charge in [-0.25, -0.2) is 0 Å². The molecule has 0 aliphatic carbocycles. The number of hydrogen-bond acceptors (Lipinski definition) is 3. The Morgan fingerprint density at radius 2 is 1.00 bits per heavy atom. The van der Waals surface area contributed by atoms with Gasteiger partial charge in [0.2, 0.25) is 0 Å². The van der Waals surface area contributed by atoms with Gasteiger partial charge in [0.15, 0.2) is 0 Å². The minimum Gasteiger partial charge on any atom is -0.310 e. The minimum absolute atomic E-state index is 0.394. The van der Waals surface area contributed by atoms with Crippen molar-refractivity contribution in [3.8, 4) is 29.0 Å². The van der Waals surface area contributed by atoms with Crippen molar-refractivity contribution < 1.29 is 0 Å². The van der Waals surface area contributed by atoms with Gasteiger partial charge < -0.3 is 9.47 Å². The van der Waals surface area contributed by atoms with E-state index in [1.807, 2.05) is 36.4 Å². The Morgan fingerprint density at radius 3 is 1.53 bits per heavy atom. The van der Waals surface area contributed by atoms with Crippen LogP contribution in [0.25, 0.3) is 38.6 Å². The molecule has 6 aromatic carbocycles. The third-order valence-corrected chi connectivity index (χ3v) is 9.20. The summed E-state index contributed by atoms with van der Waals surface area (Å²) in [5, 5.41) is 21.9. The fourth-order valence-electron chi connectivity index (χ4n) is 7.01. The van der Waals surface area contributed by atoms with Gasteiger partial charge in [0, 0.05) is 27.6 Å². The molecule has 4 nitrogen and oxygen atoms in total. The third kappa shape index (κ3) is 4.04. The second-order valence-electron chi connectivity index (χ2n) is 12.1. The number of rotatable bonds is 3. The molecule has 0 spiro atoms. The predicted octanol–water partition coefficient (Wildman–Crippen LogP) is 10.3. The Bertz CT molecular complexity index is 2280. The van der Waals surface area contributed by atoms with Crippen molar-refractivity contribution in [3.05, 3.63) is 156 Å². The molecule has 0 saturated carbocycles. The van der Waals surface area contributed by atoms with Crippen molar-refractivity contribution in [2.75, 3.05) is 4.90 Å². The summed E-state index contributed by atoms with van der Waals surface area (Å²) in [4.78, 5) is 2.26. The molecule has 212 valence electrons. The Labute approximate surface area is 262 Å². The summed E-state index contributed by atoms with van der Waals surface area (Å²) < 4.78 is 2.34. The minimum atomic E-state index is -0.394. The summed E-state index contributed by atoms with van der Waals surface area (Å²) in [6.45, 7) is 4.34. The number of benzene rings is 6. The van der Waals surface area contributed by atoms with Gasteiger partial charge in [-0.05, 0) is 95.1 Å². The van der Waals surface area contributed by atoms with Crippen LogP contribution in [0, 0.1) is 22.7 Å². The topological polar surface area (TPSA) is 55.8 Å². The summed E-state index contributed by atoms with van der Waals surface area (Å²) in [5.41, 5.74) is 11.7. The van der Waals surface area contributed by atoms with Crippen molar-refractivity contribution in [2.24, 2.45) is 0 Å². The van der Waals surface area contributed by atoms with Crippen LogP contribution in [0.15, 0.2) is 133 Å². The lowest BCUT2D eigenvalue weighted by molar-refractivity contribution is 0.631. The lowest BCUT2D eigenvalue weighted by Gasteiger charge is -2.42. The van der Waals surface area contributed by atoms with E-state index in [9.17, 15) is 10.5 Å². The average Bonchev–Trinajstić information content (AvgIpc) is 3.43. The fraction of sp³-hybridized carbons (Fsp3) is 0.0732. The zero-order valence-electron chi connectivity index (χ0n) is 25.0. The van der Waals surface area contributed by atoms with Crippen LogP contribution in [0.2, 0.25) is 0 Å². The molecule has 0 fully saturated rings. The van der Waals surface area contributed by atoms with E-state index in [0.717, 1.165) is 45.0 Å². The summed E-state index contributed by atoms with van der Waals surface area (Å²) in [5.74, 6) is 0. The Morgan fingerprint density at radius 1 is 0.511 bits per heavy atom. The maximum atomic E-state index is 9.73. The zero-order valence-corrected chi connectivity index (χ0v) is 25.0. The van der Waals surface area contributed by atoms with Crippen molar-refractivity contribution in [1.29, 1.82) is 10.5 Å². The maximum absolute atomic E-state index is 9.73. The fourth-order valence-corrected chi connectivity index (χ4v) is 7.01. The summed E-state index contributed by atoms with van der Waals surface area (Å²) in [7, 11) is 0. The Hall–Kier alpha value is -6.10. The van der Waals surface area contributed by atoms with E-state index in [1.54, 1.807) is 0 Å². The van der Waals surface area contributed by atoms with Gasteiger partial charge in [0.05, 0.1) is 45.7 Å². The van der Waals surface area contributed by atoms with Gasteiger partial charge in [-0.3, -0.25) is 0 Å². The Balaban J connectivity index is 1.29. The van der Waals surface area contributed by atoms with Gasteiger partial charge in [-0.1, -0.05) is 74.5 Å².